The second-order valence-electron chi connectivity index (χ2n) is 7.15. The number of benzene rings is 1. The third-order valence-corrected chi connectivity index (χ3v) is 6.20. The topological polar surface area (TPSA) is 109 Å². The molecule has 0 saturated heterocycles. The van der Waals surface area contributed by atoms with Crippen molar-refractivity contribution < 1.29 is 17.9 Å². The molecule has 0 aliphatic carbocycles. The minimum absolute atomic E-state index is 0.0193. The molecule has 156 valence electrons. The van der Waals surface area contributed by atoms with E-state index in [0.29, 0.717) is 17.3 Å². The van der Waals surface area contributed by atoms with E-state index in [9.17, 15) is 13.2 Å². The zero-order valence-corrected chi connectivity index (χ0v) is 17.5. The first kappa shape index (κ1) is 21.1. The van der Waals surface area contributed by atoms with Gasteiger partial charge in [-0.05, 0) is 50.1 Å². The molecule has 3 N–H and O–H groups in total. The standard InChI is InChI=1S/C20H26N4O4S/c1-4-5-13(2)24-29(26,27)16-7-9-19(21-11-16)22-14(3)15-6-8-18-17(10-15)23-20(25)12-28-18/h6-11,13-14,24H,4-5,12H2,1-3H3,(H,21,22)(H,23,25). The predicted molar refractivity (Wildman–Crippen MR) is 112 cm³/mol. The number of carbonyl (C=O) groups is 1. The van der Waals surface area contributed by atoms with Crippen molar-refractivity contribution in [3.63, 3.8) is 0 Å². The van der Waals surface area contributed by atoms with Crippen LogP contribution in [-0.4, -0.2) is 32.0 Å². The first-order valence-electron chi connectivity index (χ1n) is 9.60. The Morgan fingerprint density at radius 2 is 2.03 bits per heavy atom. The van der Waals surface area contributed by atoms with Gasteiger partial charge in [0.1, 0.15) is 16.5 Å². The molecule has 1 aromatic carbocycles. The summed E-state index contributed by atoms with van der Waals surface area (Å²) in [7, 11) is -3.59. The number of aromatic nitrogens is 1. The van der Waals surface area contributed by atoms with Gasteiger partial charge in [0, 0.05) is 12.2 Å². The van der Waals surface area contributed by atoms with Gasteiger partial charge in [0.25, 0.3) is 5.91 Å². The maximum atomic E-state index is 12.4. The van der Waals surface area contributed by atoms with Gasteiger partial charge in [0.2, 0.25) is 10.0 Å². The number of nitrogens with zero attached hydrogens (tertiary/aromatic N) is 1. The number of sulfonamides is 1. The number of amides is 1. The largest absolute Gasteiger partial charge is 0.482 e. The maximum Gasteiger partial charge on any atom is 0.262 e. The normalized spacial score (nSPS) is 15.6. The van der Waals surface area contributed by atoms with E-state index < -0.39 is 10.0 Å². The lowest BCUT2D eigenvalue weighted by Crippen LogP contribution is -2.32. The van der Waals surface area contributed by atoms with Gasteiger partial charge in [-0.3, -0.25) is 4.79 Å². The van der Waals surface area contributed by atoms with Gasteiger partial charge < -0.3 is 15.4 Å². The SMILES string of the molecule is CCCC(C)NS(=O)(=O)c1ccc(NC(C)c2ccc3c(c2)NC(=O)CO3)nc1. The van der Waals surface area contributed by atoms with Crippen molar-refractivity contribution in [2.24, 2.45) is 0 Å². The fraction of sp³-hybridized carbons (Fsp3) is 0.400. The Hall–Kier alpha value is -2.65. The Morgan fingerprint density at radius 3 is 2.72 bits per heavy atom. The fourth-order valence-electron chi connectivity index (χ4n) is 3.12. The van der Waals surface area contributed by atoms with Crippen LogP contribution in [0, 0.1) is 0 Å². The van der Waals surface area contributed by atoms with Crippen LogP contribution in [-0.2, 0) is 14.8 Å². The summed E-state index contributed by atoms with van der Waals surface area (Å²) in [5.41, 5.74) is 1.57. The van der Waals surface area contributed by atoms with Crippen LogP contribution in [0.15, 0.2) is 41.4 Å². The molecule has 0 saturated carbocycles. The average molecular weight is 419 g/mol. The van der Waals surface area contributed by atoms with Crippen LogP contribution in [0.5, 0.6) is 5.75 Å². The molecule has 1 aliphatic rings. The highest BCUT2D eigenvalue weighted by Crippen LogP contribution is 2.31. The number of rotatable bonds is 8. The summed E-state index contributed by atoms with van der Waals surface area (Å²) < 4.78 is 32.9. The number of hydrogen-bond donors (Lipinski definition) is 3. The molecule has 0 radical (unpaired) electrons. The van der Waals surface area contributed by atoms with Gasteiger partial charge in [-0.2, -0.15) is 0 Å². The smallest absolute Gasteiger partial charge is 0.262 e. The third kappa shape index (κ3) is 5.24. The van der Waals surface area contributed by atoms with Crippen molar-refractivity contribution in [3.05, 3.63) is 42.1 Å². The van der Waals surface area contributed by atoms with Gasteiger partial charge in [-0.25, -0.2) is 18.1 Å². The average Bonchev–Trinajstić information content (AvgIpc) is 2.67. The van der Waals surface area contributed by atoms with Crippen molar-refractivity contribution in [3.8, 4) is 5.75 Å². The monoisotopic (exact) mass is 418 g/mol. The van der Waals surface area contributed by atoms with Crippen LogP contribution in [0.2, 0.25) is 0 Å². The highest BCUT2D eigenvalue weighted by molar-refractivity contribution is 7.89. The third-order valence-electron chi connectivity index (χ3n) is 4.63. The first-order chi connectivity index (χ1) is 13.8. The molecule has 2 atom stereocenters. The Labute approximate surface area is 171 Å². The summed E-state index contributed by atoms with van der Waals surface area (Å²) in [6, 6.07) is 8.50. The second kappa shape index (κ2) is 8.79. The van der Waals surface area contributed by atoms with E-state index in [1.165, 1.54) is 12.3 Å². The Morgan fingerprint density at radius 1 is 1.24 bits per heavy atom. The summed E-state index contributed by atoms with van der Waals surface area (Å²) in [6.45, 7) is 5.83. The summed E-state index contributed by atoms with van der Waals surface area (Å²) in [5, 5.41) is 6.02. The molecule has 2 aromatic rings. The number of hydrogen-bond acceptors (Lipinski definition) is 6. The van der Waals surface area contributed by atoms with Gasteiger partial charge in [0.05, 0.1) is 11.7 Å². The summed E-state index contributed by atoms with van der Waals surface area (Å²) >= 11 is 0. The van der Waals surface area contributed by atoms with Crippen LogP contribution in [0.4, 0.5) is 11.5 Å². The highest BCUT2D eigenvalue weighted by atomic mass is 32.2. The maximum absolute atomic E-state index is 12.4. The summed E-state index contributed by atoms with van der Waals surface area (Å²) in [6.07, 6.45) is 3.02. The minimum Gasteiger partial charge on any atom is -0.482 e. The fourth-order valence-corrected chi connectivity index (χ4v) is 4.35. The quantitative estimate of drug-likeness (QED) is 0.608. The van der Waals surface area contributed by atoms with Crippen molar-refractivity contribution in [1.82, 2.24) is 9.71 Å². The lowest BCUT2D eigenvalue weighted by molar-refractivity contribution is -0.118. The van der Waals surface area contributed by atoms with Crippen LogP contribution in [0.25, 0.3) is 0 Å². The van der Waals surface area contributed by atoms with E-state index in [0.717, 1.165) is 18.4 Å². The molecule has 29 heavy (non-hydrogen) atoms. The number of nitrogens with one attached hydrogen (secondary N) is 3. The number of ether oxygens (including phenoxy) is 1. The van der Waals surface area contributed by atoms with Crippen LogP contribution in [0.3, 0.4) is 0 Å². The molecular formula is C20H26N4O4S. The second-order valence-corrected chi connectivity index (χ2v) is 8.86. The summed E-state index contributed by atoms with van der Waals surface area (Å²) in [4.78, 5) is 15.9. The molecule has 1 aromatic heterocycles. The number of carbonyl (C=O) groups excluding carboxylic acids is 1. The molecule has 0 bridgehead atoms. The first-order valence-corrected chi connectivity index (χ1v) is 11.1. The van der Waals surface area contributed by atoms with Crippen LogP contribution in [0.1, 0.15) is 45.2 Å². The molecule has 0 fully saturated rings. The zero-order chi connectivity index (χ0) is 21.0. The molecular weight excluding hydrogens is 392 g/mol. The van der Waals surface area contributed by atoms with E-state index in [2.05, 4.69) is 20.3 Å². The van der Waals surface area contributed by atoms with Crippen LogP contribution >= 0.6 is 0 Å². The van der Waals surface area contributed by atoms with E-state index >= 15 is 0 Å². The molecule has 8 nitrogen and oxygen atoms in total. The number of anilines is 2. The van der Waals surface area contributed by atoms with E-state index in [-0.39, 0.29) is 29.5 Å². The molecule has 0 spiro atoms. The van der Waals surface area contributed by atoms with Gasteiger partial charge in [-0.1, -0.05) is 19.4 Å². The van der Waals surface area contributed by atoms with E-state index in [1.54, 1.807) is 6.07 Å². The Balaban J connectivity index is 1.68. The lowest BCUT2D eigenvalue weighted by Gasteiger charge is -2.21. The van der Waals surface area contributed by atoms with E-state index in [4.69, 9.17) is 4.74 Å². The lowest BCUT2D eigenvalue weighted by atomic mass is 10.1. The Kier molecular flexibility index (Phi) is 6.39. The molecule has 2 heterocycles. The molecule has 1 amide bonds. The van der Waals surface area contributed by atoms with Crippen molar-refractivity contribution in [2.75, 3.05) is 17.2 Å². The molecule has 3 rings (SSSR count). The Bertz CT molecular complexity index is 976. The highest BCUT2D eigenvalue weighted by Gasteiger charge is 2.19. The van der Waals surface area contributed by atoms with E-state index in [1.807, 2.05) is 39.0 Å². The number of pyridine rings is 1. The molecule has 2 unspecified atom stereocenters. The van der Waals surface area contributed by atoms with Gasteiger partial charge in [-0.15, -0.1) is 0 Å². The zero-order valence-electron chi connectivity index (χ0n) is 16.7. The van der Waals surface area contributed by atoms with Gasteiger partial charge in [0.15, 0.2) is 6.61 Å². The van der Waals surface area contributed by atoms with Crippen molar-refractivity contribution in [1.29, 1.82) is 0 Å². The minimum atomic E-state index is -3.59. The van der Waals surface area contributed by atoms with Crippen molar-refractivity contribution in [2.45, 2.75) is 50.6 Å². The van der Waals surface area contributed by atoms with Gasteiger partial charge >= 0.3 is 0 Å². The molecule has 9 heteroatoms. The molecule has 1 aliphatic heterocycles. The van der Waals surface area contributed by atoms with Crippen LogP contribution < -0.4 is 20.1 Å². The number of fused-ring (bicyclic) bond motifs is 1. The van der Waals surface area contributed by atoms with Crippen molar-refractivity contribution >= 4 is 27.4 Å². The summed E-state index contributed by atoms with van der Waals surface area (Å²) in [5.74, 6) is 1.00. The predicted octanol–water partition coefficient (Wildman–Crippen LogP) is 3.05.